The highest BCUT2D eigenvalue weighted by Crippen LogP contribution is 2.18. The molecule has 0 unspecified atom stereocenters. The molecule has 6 heteroatoms. The van der Waals surface area contributed by atoms with E-state index >= 15 is 0 Å². The van der Waals surface area contributed by atoms with Crippen LogP contribution in [0.1, 0.15) is 49.4 Å². The zero-order chi connectivity index (χ0) is 20.2. The highest BCUT2D eigenvalue weighted by molar-refractivity contribution is 6.00. The van der Waals surface area contributed by atoms with E-state index in [9.17, 15) is 9.59 Å². The average molecular weight is 383 g/mol. The Morgan fingerprint density at radius 2 is 1.79 bits per heavy atom. The molecule has 0 fully saturated rings. The number of carbonyl (C=O) groups is 2. The van der Waals surface area contributed by atoms with Crippen LogP contribution in [0, 0.1) is 0 Å². The van der Waals surface area contributed by atoms with E-state index in [0.717, 1.165) is 12.2 Å². The van der Waals surface area contributed by atoms with Gasteiger partial charge in [0.2, 0.25) is 5.91 Å². The Labute approximate surface area is 166 Å². The van der Waals surface area contributed by atoms with Gasteiger partial charge in [-0.1, -0.05) is 50.8 Å². The van der Waals surface area contributed by atoms with E-state index < -0.39 is 5.91 Å². The van der Waals surface area contributed by atoms with Crippen molar-refractivity contribution in [3.63, 3.8) is 0 Å². The van der Waals surface area contributed by atoms with Gasteiger partial charge in [0.1, 0.15) is 5.75 Å². The lowest BCUT2D eigenvalue weighted by Gasteiger charge is -2.11. The number of ether oxygens (including phenoxy) is 1. The predicted octanol–water partition coefficient (Wildman–Crippen LogP) is 4.19. The van der Waals surface area contributed by atoms with Gasteiger partial charge >= 0.3 is 0 Å². The molecule has 0 atom stereocenters. The molecule has 0 radical (unpaired) electrons. The van der Waals surface area contributed by atoms with Gasteiger partial charge in [0.25, 0.3) is 5.91 Å². The Kier molecular flexibility index (Phi) is 8.85. The number of rotatable bonds is 12. The van der Waals surface area contributed by atoms with Gasteiger partial charge in [0, 0.05) is 17.4 Å². The molecule has 150 valence electrons. The summed E-state index contributed by atoms with van der Waals surface area (Å²) in [4.78, 5) is 23.6. The number of unbranched alkanes of at least 4 members (excludes halogenated alkanes) is 4. The number of primary amides is 1. The summed E-state index contributed by atoms with van der Waals surface area (Å²) < 4.78 is 5.76. The van der Waals surface area contributed by atoms with Gasteiger partial charge in [0.05, 0.1) is 18.7 Å². The van der Waals surface area contributed by atoms with Crippen molar-refractivity contribution >= 4 is 23.2 Å². The van der Waals surface area contributed by atoms with Crippen molar-refractivity contribution in [1.29, 1.82) is 0 Å². The molecule has 2 amide bonds. The van der Waals surface area contributed by atoms with Crippen LogP contribution in [-0.2, 0) is 4.79 Å². The molecule has 0 aromatic heterocycles. The van der Waals surface area contributed by atoms with Crippen LogP contribution in [0.4, 0.5) is 11.4 Å². The topological polar surface area (TPSA) is 93.4 Å². The highest BCUT2D eigenvalue weighted by Gasteiger charge is 2.09. The minimum Gasteiger partial charge on any atom is -0.494 e. The average Bonchev–Trinajstić information content (AvgIpc) is 2.69. The molecular weight excluding hydrogens is 354 g/mol. The number of benzene rings is 2. The number of nitrogens with one attached hydrogen (secondary N) is 2. The fourth-order valence-corrected chi connectivity index (χ4v) is 2.79. The van der Waals surface area contributed by atoms with Crippen molar-refractivity contribution in [3.05, 3.63) is 54.1 Å². The van der Waals surface area contributed by atoms with Crippen LogP contribution in [0.3, 0.4) is 0 Å². The van der Waals surface area contributed by atoms with Gasteiger partial charge < -0.3 is 21.1 Å². The third kappa shape index (κ3) is 7.31. The van der Waals surface area contributed by atoms with Crippen LogP contribution >= 0.6 is 0 Å². The number of carbonyl (C=O) groups excluding carboxylic acids is 2. The number of anilines is 2. The number of hydrogen-bond acceptors (Lipinski definition) is 4. The molecular formula is C22H29N3O3. The van der Waals surface area contributed by atoms with Crippen LogP contribution < -0.4 is 21.1 Å². The second kappa shape index (κ2) is 11.6. The van der Waals surface area contributed by atoms with Crippen LogP contribution in [0.15, 0.2) is 48.5 Å². The molecule has 0 saturated carbocycles. The molecule has 6 nitrogen and oxygen atoms in total. The van der Waals surface area contributed by atoms with E-state index in [-0.39, 0.29) is 12.5 Å². The maximum Gasteiger partial charge on any atom is 0.250 e. The van der Waals surface area contributed by atoms with Gasteiger partial charge in [-0.2, -0.15) is 0 Å². The van der Waals surface area contributed by atoms with Gasteiger partial charge in [-0.3, -0.25) is 9.59 Å². The van der Waals surface area contributed by atoms with Gasteiger partial charge in [-0.25, -0.2) is 0 Å². The van der Waals surface area contributed by atoms with E-state index in [1.54, 1.807) is 30.3 Å². The fraction of sp³-hybridized carbons (Fsp3) is 0.364. The van der Waals surface area contributed by atoms with Gasteiger partial charge in [-0.05, 0) is 30.7 Å². The molecule has 0 saturated heterocycles. The summed E-state index contributed by atoms with van der Waals surface area (Å²) in [6.07, 6.45) is 5.93. The maximum atomic E-state index is 12.2. The molecule has 0 aliphatic carbocycles. The third-order valence-electron chi connectivity index (χ3n) is 4.27. The minimum absolute atomic E-state index is 0.0206. The summed E-state index contributed by atoms with van der Waals surface area (Å²) in [5, 5.41) is 5.77. The Morgan fingerprint density at radius 1 is 1.00 bits per heavy atom. The number of amides is 2. The Morgan fingerprint density at radius 3 is 2.57 bits per heavy atom. The Balaban J connectivity index is 1.80. The summed E-state index contributed by atoms with van der Waals surface area (Å²) in [7, 11) is 0. The smallest absolute Gasteiger partial charge is 0.250 e. The maximum absolute atomic E-state index is 12.2. The lowest BCUT2D eigenvalue weighted by Crippen LogP contribution is -2.23. The zero-order valence-corrected chi connectivity index (χ0v) is 16.4. The van der Waals surface area contributed by atoms with Crippen molar-refractivity contribution < 1.29 is 14.3 Å². The zero-order valence-electron chi connectivity index (χ0n) is 16.4. The van der Waals surface area contributed by atoms with E-state index in [0.29, 0.717) is 23.5 Å². The van der Waals surface area contributed by atoms with Crippen LogP contribution in [0.2, 0.25) is 0 Å². The second-order valence-corrected chi connectivity index (χ2v) is 6.60. The number of para-hydroxylation sites is 1. The second-order valence-electron chi connectivity index (χ2n) is 6.60. The highest BCUT2D eigenvalue weighted by atomic mass is 16.5. The van der Waals surface area contributed by atoms with Gasteiger partial charge in [-0.15, -0.1) is 0 Å². The lowest BCUT2D eigenvalue weighted by atomic mass is 10.1. The molecule has 0 spiro atoms. The first-order chi connectivity index (χ1) is 13.6. The molecule has 28 heavy (non-hydrogen) atoms. The Bertz CT molecular complexity index is 777. The van der Waals surface area contributed by atoms with Crippen LogP contribution in [0.25, 0.3) is 0 Å². The quantitative estimate of drug-likeness (QED) is 0.479. The van der Waals surface area contributed by atoms with Gasteiger partial charge in [0.15, 0.2) is 0 Å². The summed E-state index contributed by atoms with van der Waals surface area (Å²) in [6, 6.07) is 14.2. The first-order valence-corrected chi connectivity index (χ1v) is 9.75. The summed E-state index contributed by atoms with van der Waals surface area (Å²) in [5.74, 6) is -0.0284. The van der Waals surface area contributed by atoms with Crippen molar-refractivity contribution in [2.45, 2.75) is 39.0 Å². The van der Waals surface area contributed by atoms with E-state index in [2.05, 4.69) is 17.6 Å². The van der Waals surface area contributed by atoms with Crippen LogP contribution in [0.5, 0.6) is 5.75 Å². The first kappa shape index (κ1) is 21.3. The SMILES string of the molecule is CCCCCCCOc1cccc(NC(=O)CNc2ccccc2C(N)=O)c1. The molecule has 0 aliphatic rings. The lowest BCUT2D eigenvalue weighted by molar-refractivity contribution is -0.114. The summed E-state index contributed by atoms with van der Waals surface area (Å²) in [5.41, 5.74) is 6.89. The molecule has 2 rings (SSSR count). The molecule has 2 aromatic rings. The third-order valence-corrected chi connectivity index (χ3v) is 4.27. The summed E-state index contributed by atoms with van der Waals surface area (Å²) >= 11 is 0. The first-order valence-electron chi connectivity index (χ1n) is 9.75. The largest absolute Gasteiger partial charge is 0.494 e. The number of hydrogen-bond donors (Lipinski definition) is 3. The molecule has 2 aromatic carbocycles. The molecule has 4 N–H and O–H groups in total. The molecule has 0 aliphatic heterocycles. The van der Waals surface area contributed by atoms with Crippen LogP contribution in [-0.4, -0.2) is 25.0 Å². The van der Waals surface area contributed by atoms with Crippen molar-refractivity contribution in [3.8, 4) is 5.75 Å². The minimum atomic E-state index is -0.539. The van der Waals surface area contributed by atoms with E-state index in [4.69, 9.17) is 10.5 Å². The molecule has 0 heterocycles. The normalized spacial score (nSPS) is 10.3. The fourth-order valence-electron chi connectivity index (χ4n) is 2.79. The van der Waals surface area contributed by atoms with E-state index in [1.165, 1.54) is 25.7 Å². The standard InChI is InChI=1S/C22H29N3O3/c1-2-3-4-5-8-14-28-18-11-9-10-17(15-18)25-21(26)16-24-20-13-7-6-12-19(20)22(23)27/h6-7,9-13,15,24H,2-5,8,14,16H2,1H3,(H2,23,27)(H,25,26). The summed E-state index contributed by atoms with van der Waals surface area (Å²) in [6.45, 7) is 2.89. The number of nitrogens with two attached hydrogens (primary N) is 1. The monoisotopic (exact) mass is 383 g/mol. The van der Waals surface area contributed by atoms with Crippen molar-refractivity contribution in [2.75, 3.05) is 23.8 Å². The van der Waals surface area contributed by atoms with Crippen molar-refractivity contribution in [1.82, 2.24) is 0 Å². The van der Waals surface area contributed by atoms with Crippen molar-refractivity contribution in [2.24, 2.45) is 5.73 Å². The Hall–Kier alpha value is -3.02. The van der Waals surface area contributed by atoms with E-state index in [1.807, 2.05) is 18.2 Å². The molecule has 0 bridgehead atoms. The predicted molar refractivity (Wildman–Crippen MR) is 113 cm³/mol.